The quantitative estimate of drug-likeness (QED) is 0.860. The van der Waals surface area contributed by atoms with E-state index in [0.29, 0.717) is 23.9 Å². The molecular weight excluding hydrogens is 250 g/mol. The van der Waals surface area contributed by atoms with Crippen molar-refractivity contribution in [2.45, 2.75) is 77.7 Å². The molecule has 4 nitrogen and oxygen atoms in total. The molecule has 0 aromatic heterocycles. The molecule has 1 amide bonds. The molecule has 2 aliphatic rings. The van der Waals surface area contributed by atoms with Gasteiger partial charge in [-0.1, -0.05) is 20.8 Å². The highest BCUT2D eigenvalue weighted by atomic mass is 16.2. The van der Waals surface area contributed by atoms with E-state index in [2.05, 4.69) is 56.8 Å². The Kier molecular flexibility index (Phi) is 4.45. The van der Waals surface area contributed by atoms with Gasteiger partial charge < -0.3 is 9.80 Å². The third kappa shape index (κ3) is 2.60. The average molecular weight is 281 g/mol. The molecule has 0 aromatic rings. The van der Waals surface area contributed by atoms with Gasteiger partial charge in [-0.25, -0.2) is 0 Å². The summed E-state index contributed by atoms with van der Waals surface area (Å²) in [6.07, 6.45) is 3.23. The van der Waals surface area contributed by atoms with Gasteiger partial charge in [0.2, 0.25) is 5.91 Å². The monoisotopic (exact) mass is 281 g/mol. The summed E-state index contributed by atoms with van der Waals surface area (Å²) in [5.41, 5.74) is -0.373. The van der Waals surface area contributed by atoms with Crippen LogP contribution < -0.4 is 5.32 Å². The first kappa shape index (κ1) is 15.8. The van der Waals surface area contributed by atoms with E-state index in [1.807, 2.05) is 0 Å². The molecule has 20 heavy (non-hydrogen) atoms. The van der Waals surface area contributed by atoms with E-state index in [0.717, 1.165) is 25.8 Å². The second-order valence-corrected chi connectivity index (χ2v) is 7.24. The Morgan fingerprint density at radius 3 is 2.60 bits per heavy atom. The summed E-state index contributed by atoms with van der Waals surface area (Å²) in [5, 5.41) is 3.60. The number of rotatable bonds is 3. The van der Waals surface area contributed by atoms with Crippen LogP contribution in [0.15, 0.2) is 0 Å². The van der Waals surface area contributed by atoms with Crippen LogP contribution in [0, 0.1) is 5.92 Å². The zero-order valence-electron chi connectivity index (χ0n) is 13.9. The van der Waals surface area contributed by atoms with Gasteiger partial charge in [0.05, 0.1) is 11.7 Å². The highest BCUT2D eigenvalue weighted by Gasteiger charge is 2.50. The Morgan fingerprint density at radius 2 is 2.10 bits per heavy atom. The molecule has 2 heterocycles. The van der Waals surface area contributed by atoms with Crippen molar-refractivity contribution in [2.75, 3.05) is 13.6 Å². The summed E-state index contributed by atoms with van der Waals surface area (Å²) in [4.78, 5) is 17.5. The van der Waals surface area contributed by atoms with E-state index in [-0.39, 0.29) is 11.7 Å². The van der Waals surface area contributed by atoms with E-state index in [9.17, 15) is 4.79 Å². The fourth-order valence-electron chi connectivity index (χ4n) is 3.52. The molecule has 0 aliphatic carbocycles. The van der Waals surface area contributed by atoms with Gasteiger partial charge in [0.25, 0.3) is 0 Å². The summed E-state index contributed by atoms with van der Waals surface area (Å²) in [6.45, 7) is 11.9. The van der Waals surface area contributed by atoms with E-state index < -0.39 is 0 Å². The van der Waals surface area contributed by atoms with Crippen molar-refractivity contribution in [3.63, 3.8) is 0 Å². The second-order valence-electron chi connectivity index (χ2n) is 7.24. The Balaban J connectivity index is 2.21. The number of piperidine rings is 1. The molecule has 0 aromatic carbocycles. The molecule has 1 N–H and O–H groups in total. The summed E-state index contributed by atoms with van der Waals surface area (Å²) < 4.78 is 0. The van der Waals surface area contributed by atoms with E-state index in [1.54, 1.807) is 0 Å². The third-order valence-corrected chi connectivity index (χ3v) is 5.39. The van der Waals surface area contributed by atoms with Gasteiger partial charge in [0.15, 0.2) is 0 Å². The molecule has 2 rings (SSSR count). The first-order valence-electron chi connectivity index (χ1n) is 8.11. The van der Waals surface area contributed by atoms with Crippen LogP contribution in [0.1, 0.15) is 53.9 Å². The van der Waals surface area contributed by atoms with Gasteiger partial charge in [0.1, 0.15) is 0 Å². The van der Waals surface area contributed by atoms with Gasteiger partial charge in [0, 0.05) is 18.6 Å². The lowest BCUT2D eigenvalue weighted by Gasteiger charge is -2.42. The van der Waals surface area contributed by atoms with Gasteiger partial charge in [-0.05, 0) is 46.1 Å². The average Bonchev–Trinajstić information content (AvgIpc) is 2.67. The minimum atomic E-state index is -0.373. The van der Waals surface area contributed by atoms with Crippen LogP contribution in [-0.2, 0) is 4.79 Å². The predicted octanol–water partition coefficient (Wildman–Crippen LogP) is 2.05. The predicted molar refractivity (Wildman–Crippen MR) is 82.4 cm³/mol. The lowest BCUT2D eigenvalue weighted by atomic mass is 9.94. The number of carbonyl (C=O) groups is 1. The summed E-state index contributed by atoms with van der Waals surface area (Å²) in [6, 6.07) is 0.949. The van der Waals surface area contributed by atoms with Crippen molar-refractivity contribution in [3.05, 3.63) is 0 Å². The van der Waals surface area contributed by atoms with Crippen LogP contribution in [0.2, 0.25) is 0 Å². The molecule has 0 saturated carbocycles. The van der Waals surface area contributed by atoms with Crippen molar-refractivity contribution in [3.8, 4) is 0 Å². The number of hydrogen-bond acceptors (Lipinski definition) is 3. The summed E-state index contributed by atoms with van der Waals surface area (Å²) in [7, 11) is 2.18. The molecule has 0 radical (unpaired) electrons. The molecule has 0 spiro atoms. The molecule has 4 unspecified atom stereocenters. The Bertz CT molecular complexity index is 371. The van der Waals surface area contributed by atoms with E-state index in [1.165, 1.54) is 0 Å². The smallest absolute Gasteiger partial charge is 0.244 e. The first-order valence-corrected chi connectivity index (χ1v) is 8.11. The van der Waals surface area contributed by atoms with Crippen molar-refractivity contribution < 1.29 is 4.79 Å². The summed E-state index contributed by atoms with van der Waals surface area (Å²) in [5.74, 6) is 0.753. The largest absolute Gasteiger partial charge is 0.322 e. The number of likely N-dealkylation sites (tertiary alicyclic amines) is 1. The standard InChI is InChI=1S/C16H31N3O/c1-7-16(5)15(20)19(14(17-16)11(2)3)13-8-9-18(6)12(4)10-13/h11-14,17H,7-10H2,1-6H3. The number of nitrogens with one attached hydrogen (secondary N) is 1. The lowest BCUT2D eigenvalue weighted by Crippen LogP contribution is -2.53. The highest BCUT2D eigenvalue weighted by Crippen LogP contribution is 2.33. The summed E-state index contributed by atoms with van der Waals surface area (Å²) >= 11 is 0. The SMILES string of the molecule is CCC1(C)NC(C(C)C)N(C2CCN(C)C(C)C2)C1=O. The maximum Gasteiger partial charge on any atom is 0.244 e. The van der Waals surface area contributed by atoms with Crippen LogP contribution >= 0.6 is 0 Å². The molecule has 0 bridgehead atoms. The van der Waals surface area contributed by atoms with Crippen molar-refractivity contribution in [1.82, 2.24) is 15.1 Å². The van der Waals surface area contributed by atoms with Crippen LogP contribution in [0.3, 0.4) is 0 Å². The van der Waals surface area contributed by atoms with Crippen LogP contribution in [0.5, 0.6) is 0 Å². The van der Waals surface area contributed by atoms with Crippen LogP contribution in [0.25, 0.3) is 0 Å². The maximum atomic E-state index is 12.9. The number of nitrogens with zero attached hydrogens (tertiary/aromatic N) is 2. The Hall–Kier alpha value is -0.610. The Labute approximate surface area is 123 Å². The fourth-order valence-corrected chi connectivity index (χ4v) is 3.52. The number of carbonyl (C=O) groups excluding carboxylic acids is 1. The Morgan fingerprint density at radius 1 is 1.45 bits per heavy atom. The molecule has 4 heteroatoms. The number of amides is 1. The zero-order valence-corrected chi connectivity index (χ0v) is 13.9. The lowest BCUT2D eigenvalue weighted by molar-refractivity contribution is -0.137. The van der Waals surface area contributed by atoms with E-state index in [4.69, 9.17) is 0 Å². The van der Waals surface area contributed by atoms with Crippen LogP contribution in [-0.4, -0.2) is 53.1 Å². The van der Waals surface area contributed by atoms with Gasteiger partial charge in [-0.2, -0.15) is 0 Å². The normalized spacial score (nSPS) is 39.9. The molecule has 116 valence electrons. The van der Waals surface area contributed by atoms with Crippen molar-refractivity contribution in [1.29, 1.82) is 0 Å². The molecule has 2 aliphatic heterocycles. The number of hydrogen-bond donors (Lipinski definition) is 1. The molecular formula is C16H31N3O. The minimum Gasteiger partial charge on any atom is -0.322 e. The van der Waals surface area contributed by atoms with Gasteiger partial charge in [-0.15, -0.1) is 0 Å². The maximum absolute atomic E-state index is 12.9. The highest BCUT2D eigenvalue weighted by molar-refractivity contribution is 5.88. The molecule has 4 atom stereocenters. The molecule has 2 saturated heterocycles. The zero-order chi connectivity index (χ0) is 15.1. The van der Waals surface area contributed by atoms with E-state index >= 15 is 0 Å². The first-order chi connectivity index (χ1) is 9.30. The molecule has 2 fully saturated rings. The van der Waals surface area contributed by atoms with Gasteiger partial charge in [-0.3, -0.25) is 10.1 Å². The van der Waals surface area contributed by atoms with Crippen molar-refractivity contribution in [2.24, 2.45) is 5.92 Å². The topological polar surface area (TPSA) is 35.6 Å². The fraction of sp³-hybridized carbons (Fsp3) is 0.938. The van der Waals surface area contributed by atoms with Gasteiger partial charge >= 0.3 is 0 Å². The second kappa shape index (κ2) is 5.64. The van der Waals surface area contributed by atoms with Crippen LogP contribution in [0.4, 0.5) is 0 Å². The minimum absolute atomic E-state index is 0.188. The van der Waals surface area contributed by atoms with Crippen molar-refractivity contribution >= 4 is 5.91 Å². The third-order valence-electron chi connectivity index (χ3n) is 5.39.